The summed E-state index contributed by atoms with van der Waals surface area (Å²) < 4.78 is 5.50. The number of nitrogens with one attached hydrogen (secondary N) is 2. The van der Waals surface area contributed by atoms with Crippen LogP contribution < -0.4 is 10.6 Å². The minimum absolute atomic E-state index is 0.00972. The van der Waals surface area contributed by atoms with Crippen LogP contribution in [0.2, 0.25) is 0 Å². The van der Waals surface area contributed by atoms with Crippen LogP contribution in [-0.4, -0.2) is 41.8 Å². The van der Waals surface area contributed by atoms with E-state index in [0.29, 0.717) is 0 Å². The number of benzene rings is 2. The van der Waals surface area contributed by atoms with E-state index in [1.165, 1.54) is 0 Å². The quantitative estimate of drug-likeness (QED) is 0.519. The minimum atomic E-state index is -1.03. The minimum Gasteiger partial charge on any atom is -0.481 e. The fraction of sp³-hybridized carbons (Fsp3) is 0.400. The molecule has 1 aliphatic rings. The smallest absolute Gasteiger partial charge is 0.407 e. The lowest BCUT2D eigenvalue weighted by Gasteiger charge is -2.21. The fourth-order valence-electron chi connectivity index (χ4n) is 4.17. The number of carbonyl (C=O) groups is 3. The van der Waals surface area contributed by atoms with Crippen molar-refractivity contribution in [3.8, 4) is 11.1 Å². The summed E-state index contributed by atoms with van der Waals surface area (Å²) in [7, 11) is 0. The van der Waals surface area contributed by atoms with Gasteiger partial charge in [-0.1, -0.05) is 61.9 Å². The summed E-state index contributed by atoms with van der Waals surface area (Å²) in [4.78, 5) is 36.1. The van der Waals surface area contributed by atoms with Gasteiger partial charge in [-0.25, -0.2) is 4.79 Å². The first kappa shape index (κ1) is 23.3. The van der Waals surface area contributed by atoms with Gasteiger partial charge in [-0.2, -0.15) is 0 Å². The van der Waals surface area contributed by atoms with Crippen molar-refractivity contribution in [2.75, 3.05) is 6.61 Å². The largest absolute Gasteiger partial charge is 0.481 e. The Balaban J connectivity index is 1.65. The summed E-state index contributed by atoms with van der Waals surface area (Å²) in [5.41, 5.74) is 4.44. The highest BCUT2D eigenvalue weighted by atomic mass is 16.5. The van der Waals surface area contributed by atoms with Gasteiger partial charge >= 0.3 is 12.1 Å². The molecular weight excluding hydrogens is 408 g/mol. The number of carbonyl (C=O) groups excluding carboxylic acids is 2. The van der Waals surface area contributed by atoms with E-state index in [4.69, 9.17) is 9.84 Å². The Morgan fingerprint density at radius 2 is 1.56 bits per heavy atom. The molecule has 2 amide bonds. The molecule has 3 rings (SSSR count). The number of fused-ring (bicyclic) bond motifs is 3. The Morgan fingerprint density at radius 3 is 2.12 bits per heavy atom. The van der Waals surface area contributed by atoms with Crippen LogP contribution in [0.15, 0.2) is 48.5 Å². The second-order valence-electron chi connectivity index (χ2n) is 8.15. The summed E-state index contributed by atoms with van der Waals surface area (Å²) in [6, 6.07) is 15.0. The first-order valence-corrected chi connectivity index (χ1v) is 11.0. The summed E-state index contributed by atoms with van der Waals surface area (Å²) in [5.74, 6) is -1.52. The van der Waals surface area contributed by atoms with Gasteiger partial charge in [0.1, 0.15) is 12.6 Å². The molecule has 32 heavy (non-hydrogen) atoms. The fourth-order valence-corrected chi connectivity index (χ4v) is 4.17. The third kappa shape index (κ3) is 5.66. The molecule has 2 unspecified atom stereocenters. The summed E-state index contributed by atoms with van der Waals surface area (Å²) >= 11 is 0. The monoisotopic (exact) mass is 438 g/mol. The molecule has 7 nitrogen and oxygen atoms in total. The van der Waals surface area contributed by atoms with E-state index in [0.717, 1.165) is 35.1 Å². The van der Waals surface area contributed by atoms with Gasteiger partial charge in [0.15, 0.2) is 0 Å². The molecule has 0 aliphatic heterocycles. The van der Waals surface area contributed by atoms with Crippen LogP contribution in [0, 0.1) is 0 Å². The Labute approximate surface area is 188 Å². The average molecular weight is 439 g/mol. The lowest BCUT2D eigenvalue weighted by atomic mass is 9.98. The zero-order valence-corrected chi connectivity index (χ0v) is 18.5. The van der Waals surface area contributed by atoms with E-state index in [-0.39, 0.29) is 31.4 Å². The summed E-state index contributed by atoms with van der Waals surface area (Å²) in [6.45, 7) is 4.02. The van der Waals surface area contributed by atoms with Crippen LogP contribution in [-0.2, 0) is 14.3 Å². The molecule has 170 valence electrons. The molecule has 0 aromatic heterocycles. The number of carboxylic acids is 1. The molecule has 2 atom stereocenters. The van der Waals surface area contributed by atoms with Crippen molar-refractivity contribution in [3.05, 3.63) is 59.7 Å². The SMILES string of the molecule is CCCC(C)NC(=O)C(CCC(=O)O)NC(=O)OCC1c2ccccc2-c2ccccc21. The van der Waals surface area contributed by atoms with Crippen LogP contribution >= 0.6 is 0 Å². The lowest BCUT2D eigenvalue weighted by Crippen LogP contribution is -2.49. The molecule has 0 radical (unpaired) electrons. The zero-order valence-electron chi connectivity index (χ0n) is 18.5. The second-order valence-corrected chi connectivity index (χ2v) is 8.15. The molecule has 7 heteroatoms. The Kier molecular flexibility index (Phi) is 7.87. The van der Waals surface area contributed by atoms with E-state index in [1.54, 1.807) is 0 Å². The highest BCUT2D eigenvalue weighted by Crippen LogP contribution is 2.44. The third-order valence-electron chi connectivity index (χ3n) is 5.71. The van der Waals surface area contributed by atoms with Crippen molar-refractivity contribution in [2.45, 2.75) is 57.5 Å². The normalized spacial score (nSPS) is 14.1. The number of alkyl carbamates (subject to hydrolysis) is 1. The van der Waals surface area contributed by atoms with Gasteiger partial charge in [-0.15, -0.1) is 0 Å². The van der Waals surface area contributed by atoms with Gasteiger partial charge in [0, 0.05) is 18.4 Å². The summed E-state index contributed by atoms with van der Waals surface area (Å²) in [5, 5.41) is 14.4. The first-order valence-electron chi connectivity index (χ1n) is 11.0. The Morgan fingerprint density at radius 1 is 0.969 bits per heavy atom. The maximum atomic E-state index is 12.6. The number of amides is 2. The topological polar surface area (TPSA) is 105 Å². The van der Waals surface area contributed by atoms with E-state index in [2.05, 4.69) is 22.8 Å². The molecule has 0 fully saturated rings. The molecule has 0 spiro atoms. The predicted molar refractivity (Wildman–Crippen MR) is 121 cm³/mol. The van der Waals surface area contributed by atoms with Gasteiger partial charge in [-0.05, 0) is 42.0 Å². The third-order valence-corrected chi connectivity index (χ3v) is 5.71. The number of rotatable bonds is 10. The van der Waals surface area contributed by atoms with Crippen LogP contribution in [0.3, 0.4) is 0 Å². The number of ether oxygens (including phenoxy) is 1. The van der Waals surface area contributed by atoms with Gasteiger partial charge in [0.2, 0.25) is 5.91 Å². The molecule has 2 aromatic carbocycles. The maximum absolute atomic E-state index is 12.6. The summed E-state index contributed by atoms with van der Waals surface area (Å²) in [6.07, 6.45) is 0.720. The number of hydrogen-bond acceptors (Lipinski definition) is 4. The molecule has 0 bridgehead atoms. The maximum Gasteiger partial charge on any atom is 0.407 e. The molecular formula is C25H30N2O5. The predicted octanol–water partition coefficient (Wildman–Crippen LogP) is 4.06. The number of aliphatic carboxylic acids is 1. The van der Waals surface area contributed by atoms with Crippen LogP contribution in [0.25, 0.3) is 11.1 Å². The first-order chi connectivity index (χ1) is 15.4. The lowest BCUT2D eigenvalue weighted by molar-refractivity contribution is -0.137. The molecule has 3 N–H and O–H groups in total. The molecule has 2 aromatic rings. The number of carboxylic acid groups (broad SMARTS) is 1. The van der Waals surface area contributed by atoms with Crippen molar-refractivity contribution in [1.82, 2.24) is 10.6 Å². The Hall–Kier alpha value is -3.35. The van der Waals surface area contributed by atoms with E-state index >= 15 is 0 Å². The Bertz CT molecular complexity index is 929. The molecule has 0 saturated carbocycles. The van der Waals surface area contributed by atoms with Crippen LogP contribution in [0.5, 0.6) is 0 Å². The standard InChI is InChI=1S/C25H30N2O5/c1-3-8-16(2)26-24(30)22(13-14-23(28)29)27-25(31)32-15-21-19-11-6-4-9-17(19)18-10-5-7-12-20(18)21/h4-7,9-12,16,21-22H,3,8,13-15H2,1-2H3,(H,26,30)(H,27,31)(H,28,29). The van der Waals surface area contributed by atoms with Crippen molar-refractivity contribution >= 4 is 18.0 Å². The molecule has 1 aliphatic carbocycles. The van der Waals surface area contributed by atoms with Gasteiger partial charge in [0.25, 0.3) is 0 Å². The van der Waals surface area contributed by atoms with Crippen molar-refractivity contribution in [3.63, 3.8) is 0 Å². The highest BCUT2D eigenvalue weighted by molar-refractivity contribution is 5.86. The van der Waals surface area contributed by atoms with Gasteiger partial charge < -0.3 is 20.5 Å². The van der Waals surface area contributed by atoms with Crippen molar-refractivity contribution in [1.29, 1.82) is 0 Å². The highest BCUT2D eigenvalue weighted by Gasteiger charge is 2.30. The van der Waals surface area contributed by atoms with Gasteiger partial charge in [-0.3, -0.25) is 9.59 Å². The van der Waals surface area contributed by atoms with E-state index in [1.807, 2.05) is 50.2 Å². The zero-order chi connectivity index (χ0) is 23.1. The van der Waals surface area contributed by atoms with E-state index < -0.39 is 24.0 Å². The number of hydrogen-bond donors (Lipinski definition) is 3. The van der Waals surface area contributed by atoms with Crippen LogP contribution in [0.4, 0.5) is 4.79 Å². The van der Waals surface area contributed by atoms with E-state index in [9.17, 15) is 14.4 Å². The van der Waals surface area contributed by atoms with Crippen molar-refractivity contribution < 1.29 is 24.2 Å². The average Bonchev–Trinajstić information content (AvgIpc) is 3.09. The second kappa shape index (κ2) is 10.8. The molecule has 0 saturated heterocycles. The molecule has 0 heterocycles. The van der Waals surface area contributed by atoms with Crippen LogP contribution in [0.1, 0.15) is 56.6 Å². The van der Waals surface area contributed by atoms with Gasteiger partial charge in [0.05, 0.1) is 0 Å². The van der Waals surface area contributed by atoms with Crippen molar-refractivity contribution in [2.24, 2.45) is 0 Å².